The number of rotatable bonds is 3. The number of halogens is 2. The molecule has 122 valence electrons. The minimum Gasteiger partial charge on any atom is -0.505 e. The van der Waals surface area contributed by atoms with Crippen molar-refractivity contribution in [2.45, 2.75) is 6.54 Å². The van der Waals surface area contributed by atoms with Gasteiger partial charge in [-0.3, -0.25) is 9.69 Å². The lowest BCUT2D eigenvalue weighted by atomic mass is 10.1. The number of anilines is 1. The molecular formula is C15H16F2N4O2. The molecule has 0 saturated carbocycles. The highest BCUT2D eigenvalue weighted by Gasteiger charge is 2.20. The first kappa shape index (κ1) is 15.4. The number of aromatic hydroxyl groups is 1. The Morgan fingerprint density at radius 3 is 2.61 bits per heavy atom. The zero-order valence-corrected chi connectivity index (χ0v) is 12.3. The van der Waals surface area contributed by atoms with Crippen LogP contribution in [0.4, 0.5) is 14.6 Å². The van der Waals surface area contributed by atoms with E-state index in [0.717, 1.165) is 6.07 Å². The van der Waals surface area contributed by atoms with Crippen molar-refractivity contribution < 1.29 is 13.9 Å². The molecule has 1 aromatic heterocycles. The second-order valence-electron chi connectivity index (χ2n) is 5.43. The molecule has 2 N–H and O–H groups in total. The van der Waals surface area contributed by atoms with Crippen LogP contribution in [0.1, 0.15) is 5.56 Å². The topological polar surface area (TPSA) is 72.5 Å². The maximum atomic E-state index is 13.4. The minimum absolute atomic E-state index is 0.211. The lowest BCUT2D eigenvalue weighted by molar-refractivity contribution is 0.244. The van der Waals surface area contributed by atoms with E-state index in [4.69, 9.17) is 0 Å². The Morgan fingerprint density at radius 1 is 1.17 bits per heavy atom. The van der Waals surface area contributed by atoms with Crippen LogP contribution in [0, 0.1) is 11.6 Å². The van der Waals surface area contributed by atoms with E-state index in [2.05, 4.69) is 9.97 Å². The third kappa shape index (κ3) is 3.48. The third-order valence-corrected chi connectivity index (χ3v) is 3.86. The summed E-state index contributed by atoms with van der Waals surface area (Å²) in [5.41, 5.74) is 0.0165. The molecule has 0 spiro atoms. The summed E-state index contributed by atoms with van der Waals surface area (Å²) in [4.78, 5) is 21.9. The van der Waals surface area contributed by atoms with Crippen LogP contribution in [-0.2, 0) is 6.54 Å². The van der Waals surface area contributed by atoms with Gasteiger partial charge in [-0.2, -0.15) is 0 Å². The van der Waals surface area contributed by atoms with Gasteiger partial charge in [0.05, 0.1) is 6.33 Å². The van der Waals surface area contributed by atoms with Gasteiger partial charge in [-0.15, -0.1) is 0 Å². The van der Waals surface area contributed by atoms with Crippen LogP contribution >= 0.6 is 0 Å². The highest BCUT2D eigenvalue weighted by atomic mass is 19.1. The molecule has 2 heterocycles. The van der Waals surface area contributed by atoms with Gasteiger partial charge in [0.15, 0.2) is 11.6 Å². The van der Waals surface area contributed by atoms with Gasteiger partial charge in [-0.1, -0.05) is 0 Å². The Labute approximate surface area is 131 Å². The molecule has 1 aliphatic heterocycles. The maximum Gasteiger partial charge on any atom is 0.252 e. The van der Waals surface area contributed by atoms with E-state index in [0.29, 0.717) is 38.1 Å². The second kappa shape index (κ2) is 6.33. The predicted octanol–water partition coefficient (Wildman–Crippen LogP) is 1.08. The van der Waals surface area contributed by atoms with Crippen LogP contribution < -0.4 is 10.5 Å². The summed E-state index contributed by atoms with van der Waals surface area (Å²) in [5.74, 6) is -1.56. The quantitative estimate of drug-likeness (QED) is 0.885. The van der Waals surface area contributed by atoms with Crippen LogP contribution in [0.25, 0.3) is 0 Å². The maximum absolute atomic E-state index is 13.4. The number of phenols is 1. The molecule has 0 bridgehead atoms. The molecule has 3 rings (SSSR count). The number of nitrogens with one attached hydrogen (secondary N) is 1. The van der Waals surface area contributed by atoms with Gasteiger partial charge in [0.1, 0.15) is 11.6 Å². The first-order valence-electron chi connectivity index (χ1n) is 7.22. The van der Waals surface area contributed by atoms with Gasteiger partial charge in [0.2, 0.25) is 0 Å². The van der Waals surface area contributed by atoms with Crippen molar-refractivity contribution in [1.29, 1.82) is 0 Å². The summed E-state index contributed by atoms with van der Waals surface area (Å²) in [5, 5.41) is 9.69. The summed E-state index contributed by atoms with van der Waals surface area (Å²) in [7, 11) is 0. The normalized spacial score (nSPS) is 15.8. The van der Waals surface area contributed by atoms with Gasteiger partial charge in [-0.25, -0.2) is 13.8 Å². The average molecular weight is 322 g/mol. The third-order valence-electron chi connectivity index (χ3n) is 3.86. The Bertz CT molecular complexity index is 757. The van der Waals surface area contributed by atoms with Gasteiger partial charge in [0, 0.05) is 50.4 Å². The van der Waals surface area contributed by atoms with E-state index in [1.165, 1.54) is 12.4 Å². The van der Waals surface area contributed by atoms with Crippen molar-refractivity contribution in [3.63, 3.8) is 0 Å². The number of hydrogen-bond donors (Lipinski definition) is 2. The van der Waals surface area contributed by atoms with E-state index < -0.39 is 17.4 Å². The molecule has 2 aromatic rings. The largest absolute Gasteiger partial charge is 0.505 e. The van der Waals surface area contributed by atoms with Crippen molar-refractivity contribution >= 4 is 5.82 Å². The van der Waals surface area contributed by atoms with Crippen molar-refractivity contribution in [3.8, 4) is 5.75 Å². The molecule has 23 heavy (non-hydrogen) atoms. The molecular weight excluding hydrogens is 306 g/mol. The fourth-order valence-corrected chi connectivity index (χ4v) is 2.65. The van der Waals surface area contributed by atoms with E-state index in [9.17, 15) is 18.7 Å². The molecule has 0 unspecified atom stereocenters. The second-order valence-corrected chi connectivity index (χ2v) is 5.43. The lowest BCUT2D eigenvalue weighted by Gasteiger charge is -2.35. The van der Waals surface area contributed by atoms with Crippen LogP contribution in [0.15, 0.2) is 29.3 Å². The molecule has 6 nitrogen and oxygen atoms in total. The van der Waals surface area contributed by atoms with Crippen molar-refractivity contribution in [1.82, 2.24) is 14.9 Å². The van der Waals surface area contributed by atoms with Crippen LogP contribution in [0.3, 0.4) is 0 Å². The van der Waals surface area contributed by atoms with E-state index in [1.807, 2.05) is 9.80 Å². The van der Waals surface area contributed by atoms with Gasteiger partial charge in [0.25, 0.3) is 5.56 Å². The summed E-state index contributed by atoms with van der Waals surface area (Å²) < 4.78 is 26.6. The monoisotopic (exact) mass is 322 g/mol. The molecule has 0 atom stereocenters. The number of nitrogens with zero attached hydrogens (tertiary/aromatic N) is 3. The Hall–Kier alpha value is -2.48. The molecule has 8 heteroatoms. The van der Waals surface area contributed by atoms with Crippen molar-refractivity contribution in [2.75, 3.05) is 31.1 Å². The Kier molecular flexibility index (Phi) is 4.24. The fourth-order valence-electron chi connectivity index (χ4n) is 2.65. The Morgan fingerprint density at radius 2 is 1.91 bits per heavy atom. The molecule has 0 amide bonds. The molecule has 0 radical (unpaired) electrons. The first-order valence-corrected chi connectivity index (χ1v) is 7.22. The van der Waals surface area contributed by atoms with E-state index in [-0.39, 0.29) is 17.7 Å². The highest BCUT2D eigenvalue weighted by molar-refractivity contribution is 5.37. The lowest BCUT2D eigenvalue weighted by Crippen LogP contribution is -2.46. The number of H-pyrrole nitrogens is 1. The van der Waals surface area contributed by atoms with Gasteiger partial charge >= 0.3 is 0 Å². The van der Waals surface area contributed by atoms with Gasteiger partial charge < -0.3 is 15.0 Å². The number of aromatic amines is 1. The van der Waals surface area contributed by atoms with Crippen LogP contribution in [0.2, 0.25) is 0 Å². The van der Waals surface area contributed by atoms with Gasteiger partial charge in [-0.05, 0) is 6.07 Å². The van der Waals surface area contributed by atoms with Crippen molar-refractivity contribution in [3.05, 3.63) is 52.1 Å². The first-order chi connectivity index (χ1) is 11.0. The summed E-state index contributed by atoms with van der Waals surface area (Å²) in [6.45, 7) is 2.79. The number of hydrogen-bond acceptors (Lipinski definition) is 5. The van der Waals surface area contributed by atoms with Crippen LogP contribution in [-0.4, -0.2) is 46.2 Å². The predicted molar refractivity (Wildman–Crippen MR) is 80.4 cm³/mol. The number of benzene rings is 1. The summed E-state index contributed by atoms with van der Waals surface area (Å²) >= 11 is 0. The van der Waals surface area contributed by atoms with E-state index >= 15 is 0 Å². The summed E-state index contributed by atoms with van der Waals surface area (Å²) in [6.07, 6.45) is 1.36. The number of phenolic OH excluding ortho intramolecular Hbond substituents is 1. The smallest absolute Gasteiger partial charge is 0.252 e. The molecule has 1 aromatic carbocycles. The SMILES string of the molecule is O=c1cc(N2CCN(Cc3cc(F)cc(F)c3O)CC2)nc[nH]1. The highest BCUT2D eigenvalue weighted by Crippen LogP contribution is 2.24. The number of piperazine rings is 1. The Balaban J connectivity index is 1.65. The van der Waals surface area contributed by atoms with Crippen LogP contribution in [0.5, 0.6) is 5.75 Å². The molecule has 1 saturated heterocycles. The molecule has 1 aliphatic rings. The zero-order valence-electron chi connectivity index (χ0n) is 12.3. The average Bonchev–Trinajstić information content (AvgIpc) is 2.53. The van der Waals surface area contributed by atoms with Crippen molar-refractivity contribution in [2.24, 2.45) is 0 Å². The summed E-state index contributed by atoms with van der Waals surface area (Å²) in [6, 6.07) is 3.24. The zero-order chi connectivity index (χ0) is 16.4. The fraction of sp³-hybridized carbons (Fsp3) is 0.333. The van der Waals surface area contributed by atoms with E-state index in [1.54, 1.807) is 0 Å². The standard InChI is InChI=1S/C15H16F2N4O2/c16-11-5-10(15(23)12(17)6-11)8-20-1-3-21(4-2-20)13-7-14(22)19-9-18-13/h5-7,9,23H,1-4,8H2,(H,18,19,22). The number of aromatic nitrogens is 2. The minimum atomic E-state index is -0.952. The molecule has 1 fully saturated rings. The molecule has 0 aliphatic carbocycles.